The summed E-state index contributed by atoms with van der Waals surface area (Å²) in [5.74, 6) is 1.47. The molecule has 0 spiro atoms. The minimum Gasteiger partial charge on any atom is -0.336 e. The van der Waals surface area contributed by atoms with Gasteiger partial charge in [0.2, 0.25) is 5.91 Å². The van der Waals surface area contributed by atoms with Crippen LogP contribution in [0, 0.1) is 12.8 Å². The van der Waals surface area contributed by atoms with Crippen LogP contribution < -0.4 is 5.32 Å². The van der Waals surface area contributed by atoms with Crippen LogP contribution in [0.1, 0.15) is 49.1 Å². The standard InChI is InChI=1S/C18H28N6O/c1-12-10-15(21-24(12)5)13(2)20-11-14-6-7-16(25)23(4)17(14)18-19-8-9-22(18)3/h8-10,13-14,17,20H,6-7,11H2,1-5H3/t13?,14-,17+/m1/s1. The van der Waals surface area contributed by atoms with Gasteiger partial charge in [0, 0.05) is 58.2 Å². The van der Waals surface area contributed by atoms with Crippen LogP contribution in [-0.4, -0.2) is 43.7 Å². The van der Waals surface area contributed by atoms with Gasteiger partial charge in [-0.1, -0.05) is 0 Å². The molecule has 0 bridgehead atoms. The third kappa shape index (κ3) is 3.46. The van der Waals surface area contributed by atoms with Crippen molar-refractivity contribution in [2.45, 2.75) is 38.8 Å². The molecule has 0 radical (unpaired) electrons. The predicted molar refractivity (Wildman–Crippen MR) is 95.8 cm³/mol. The molecular weight excluding hydrogens is 316 g/mol. The normalized spacial score (nSPS) is 22.4. The first-order chi connectivity index (χ1) is 11.9. The summed E-state index contributed by atoms with van der Waals surface area (Å²) in [6.45, 7) is 5.02. The third-order valence-corrected chi connectivity index (χ3v) is 5.37. The SMILES string of the molecule is Cc1cc(C(C)NC[C@H]2CCC(=O)N(C)[C@@H]2c2nccn2C)nn1C. The third-order valence-electron chi connectivity index (χ3n) is 5.37. The summed E-state index contributed by atoms with van der Waals surface area (Å²) >= 11 is 0. The zero-order chi connectivity index (χ0) is 18.1. The van der Waals surface area contributed by atoms with E-state index in [1.807, 2.05) is 41.5 Å². The monoisotopic (exact) mass is 344 g/mol. The molecule has 3 heterocycles. The molecule has 0 aliphatic carbocycles. The van der Waals surface area contributed by atoms with Crippen LogP contribution in [-0.2, 0) is 18.9 Å². The highest BCUT2D eigenvalue weighted by atomic mass is 16.2. The molecule has 2 aromatic heterocycles. The fourth-order valence-electron chi connectivity index (χ4n) is 3.61. The Kier molecular flexibility index (Phi) is 4.94. The van der Waals surface area contributed by atoms with Crippen molar-refractivity contribution >= 4 is 5.91 Å². The molecule has 1 aliphatic rings. The van der Waals surface area contributed by atoms with Crippen molar-refractivity contribution in [3.8, 4) is 0 Å². The molecule has 7 nitrogen and oxygen atoms in total. The summed E-state index contributed by atoms with van der Waals surface area (Å²) in [6.07, 6.45) is 5.21. The van der Waals surface area contributed by atoms with E-state index >= 15 is 0 Å². The molecule has 7 heteroatoms. The molecule has 25 heavy (non-hydrogen) atoms. The number of likely N-dealkylation sites (tertiary alicyclic amines) is 1. The minimum atomic E-state index is 0.00594. The summed E-state index contributed by atoms with van der Waals surface area (Å²) < 4.78 is 3.91. The Balaban J connectivity index is 1.73. The Hall–Kier alpha value is -2.15. The van der Waals surface area contributed by atoms with Crippen molar-refractivity contribution < 1.29 is 4.79 Å². The number of nitrogens with one attached hydrogen (secondary N) is 1. The molecule has 1 fully saturated rings. The second-order valence-electron chi connectivity index (χ2n) is 7.11. The summed E-state index contributed by atoms with van der Waals surface area (Å²) in [5.41, 5.74) is 2.20. The number of hydrogen-bond acceptors (Lipinski definition) is 4. The van der Waals surface area contributed by atoms with Crippen molar-refractivity contribution in [2.24, 2.45) is 20.0 Å². The Morgan fingerprint density at radius 2 is 2.12 bits per heavy atom. The van der Waals surface area contributed by atoms with E-state index in [4.69, 9.17) is 0 Å². The number of carbonyl (C=O) groups excluding carboxylic acids is 1. The molecule has 2 aromatic rings. The first-order valence-corrected chi connectivity index (χ1v) is 8.85. The zero-order valence-electron chi connectivity index (χ0n) is 15.7. The first kappa shape index (κ1) is 17.7. The highest BCUT2D eigenvalue weighted by Crippen LogP contribution is 2.34. The number of hydrogen-bond donors (Lipinski definition) is 1. The Bertz CT molecular complexity index is 729. The number of rotatable bonds is 5. The van der Waals surface area contributed by atoms with Gasteiger partial charge in [-0.05, 0) is 32.3 Å². The number of piperidine rings is 1. The van der Waals surface area contributed by atoms with Crippen LogP contribution in [0.2, 0.25) is 0 Å². The molecule has 0 saturated carbocycles. The topological polar surface area (TPSA) is 68.0 Å². The number of amides is 1. The van der Waals surface area contributed by atoms with Crippen LogP contribution in [0.3, 0.4) is 0 Å². The number of imidazole rings is 1. The maximum atomic E-state index is 12.2. The maximum absolute atomic E-state index is 12.2. The fourth-order valence-corrected chi connectivity index (χ4v) is 3.61. The molecule has 1 saturated heterocycles. The van der Waals surface area contributed by atoms with Gasteiger partial charge in [-0.15, -0.1) is 0 Å². The number of aryl methyl sites for hydroxylation is 3. The Morgan fingerprint density at radius 1 is 1.36 bits per heavy atom. The van der Waals surface area contributed by atoms with E-state index < -0.39 is 0 Å². The van der Waals surface area contributed by atoms with E-state index in [-0.39, 0.29) is 18.0 Å². The molecule has 1 unspecified atom stereocenters. The van der Waals surface area contributed by atoms with Crippen LogP contribution in [0.15, 0.2) is 18.5 Å². The lowest BCUT2D eigenvalue weighted by Gasteiger charge is -2.39. The lowest BCUT2D eigenvalue weighted by Crippen LogP contribution is -2.44. The Labute approximate surface area is 149 Å². The van der Waals surface area contributed by atoms with Gasteiger partial charge >= 0.3 is 0 Å². The molecule has 3 rings (SSSR count). The van der Waals surface area contributed by atoms with Crippen molar-refractivity contribution in [1.29, 1.82) is 0 Å². The van der Waals surface area contributed by atoms with Crippen molar-refractivity contribution in [3.63, 3.8) is 0 Å². The second-order valence-corrected chi connectivity index (χ2v) is 7.11. The van der Waals surface area contributed by atoms with E-state index in [9.17, 15) is 4.79 Å². The number of nitrogens with zero attached hydrogens (tertiary/aromatic N) is 5. The lowest BCUT2D eigenvalue weighted by atomic mass is 9.88. The van der Waals surface area contributed by atoms with E-state index in [1.54, 1.807) is 6.20 Å². The van der Waals surface area contributed by atoms with E-state index in [0.29, 0.717) is 12.3 Å². The highest BCUT2D eigenvalue weighted by Gasteiger charge is 2.36. The second kappa shape index (κ2) is 7.00. The quantitative estimate of drug-likeness (QED) is 0.897. The molecule has 1 amide bonds. The van der Waals surface area contributed by atoms with Gasteiger partial charge in [-0.25, -0.2) is 4.98 Å². The molecule has 1 N–H and O–H groups in total. The molecule has 136 valence electrons. The predicted octanol–water partition coefficient (Wildman–Crippen LogP) is 1.72. The van der Waals surface area contributed by atoms with Gasteiger partial charge in [0.1, 0.15) is 5.82 Å². The first-order valence-electron chi connectivity index (χ1n) is 8.85. The Morgan fingerprint density at radius 3 is 2.72 bits per heavy atom. The summed E-state index contributed by atoms with van der Waals surface area (Å²) in [4.78, 5) is 18.6. The van der Waals surface area contributed by atoms with E-state index in [2.05, 4.69) is 35.3 Å². The smallest absolute Gasteiger partial charge is 0.222 e. The van der Waals surface area contributed by atoms with Crippen molar-refractivity contribution in [3.05, 3.63) is 35.7 Å². The van der Waals surface area contributed by atoms with Crippen molar-refractivity contribution in [2.75, 3.05) is 13.6 Å². The fraction of sp³-hybridized carbons (Fsp3) is 0.611. The number of aromatic nitrogens is 4. The summed E-state index contributed by atoms with van der Waals surface area (Å²) in [5, 5.41) is 8.16. The maximum Gasteiger partial charge on any atom is 0.222 e. The molecule has 3 atom stereocenters. The lowest BCUT2D eigenvalue weighted by molar-refractivity contribution is -0.137. The van der Waals surface area contributed by atoms with Crippen LogP contribution >= 0.6 is 0 Å². The average molecular weight is 344 g/mol. The minimum absolute atomic E-state index is 0.00594. The molecule has 1 aliphatic heterocycles. The number of carbonyl (C=O) groups is 1. The van der Waals surface area contributed by atoms with Crippen LogP contribution in [0.25, 0.3) is 0 Å². The van der Waals surface area contributed by atoms with Gasteiger partial charge < -0.3 is 14.8 Å². The van der Waals surface area contributed by atoms with Gasteiger partial charge in [-0.2, -0.15) is 5.10 Å². The average Bonchev–Trinajstić information content (AvgIpc) is 3.14. The van der Waals surface area contributed by atoms with Gasteiger partial charge in [0.05, 0.1) is 11.7 Å². The van der Waals surface area contributed by atoms with E-state index in [0.717, 1.165) is 30.2 Å². The largest absolute Gasteiger partial charge is 0.336 e. The zero-order valence-corrected chi connectivity index (χ0v) is 15.7. The van der Waals surface area contributed by atoms with E-state index in [1.165, 1.54) is 0 Å². The van der Waals surface area contributed by atoms with Gasteiger partial charge in [0.25, 0.3) is 0 Å². The molecule has 0 aromatic carbocycles. The van der Waals surface area contributed by atoms with Crippen LogP contribution in [0.5, 0.6) is 0 Å². The van der Waals surface area contributed by atoms with Crippen molar-refractivity contribution in [1.82, 2.24) is 29.5 Å². The van der Waals surface area contributed by atoms with Crippen LogP contribution in [0.4, 0.5) is 0 Å². The summed E-state index contributed by atoms with van der Waals surface area (Å²) in [7, 11) is 5.84. The van der Waals surface area contributed by atoms with Gasteiger partial charge in [-0.3, -0.25) is 9.48 Å². The van der Waals surface area contributed by atoms with Gasteiger partial charge in [0.15, 0.2) is 0 Å². The highest BCUT2D eigenvalue weighted by molar-refractivity contribution is 5.77. The summed E-state index contributed by atoms with van der Waals surface area (Å²) in [6, 6.07) is 2.29. The molecular formula is C18H28N6O.